The molecular weight excluding hydrogens is 468 g/mol. The Hall–Kier alpha value is -3.37. The molecule has 180 valence electrons. The quantitative estimate of drug-likeness (QED) is 0.436. The van der Waals surface area contributed by atoms with Crippen LogP contribution in [0.25, 0.3) is 33.4 Å². The first-order chi connectivity index (χ1) is 16.9. The summed E-state index contributed by atoms with van der Waals surface area (Å²) >= 11 is 6.72. The molecule has 0 bridgehead atoms. The van der Waals surface area contributed by atoms with E-state index < -0.39 is 6.29 Å². The summed E-state index contributed by atoms with van der Waals surface area (Å²) in [6.45, 7) is 2.86. The maximum absolute atomic E-state index is 13.8. The van der Waals surface area contributed by atoms with Gasteiger partial charge in [-0.3, -0.25) is 14.3 Å². The number of fused-ring (bicyclic) bond motifs is 1. The Morgan fingerprint density at radius 2 is 1.97 bits per heavy atom. The summed E-state index contributed by atoms with van der Waals surface area (Å²) in [6, 6.07) is 11.0. The summed E-state index contributed by atoms with van der Waals surface area (Å²) in [5, 5.41) is 4.04. The number of nitrogens with one attached hydrogen (secondary N) is 1. The fraction of sp³-hybridized carbons (Fsp3) is 0.280. The van der Waals surface area contributed by atoms with Crippen LogP contribution in [0.5, 0.6) is 0 Å². The Morgan fingerprint density at radius 3 is 2.69 bits per heavy atom. The first-order valence-electron chi connectivity index (χ1n) is 11.2. The molecule has 0 radical (unpaired) electrons. The van der Waals surface area contributed by atoms with Crippen LogP contribution in [0, 0.1) is 6.92 Å². The number of benzene rings is 1. The van der Waals surface area contributed by atoms with E-state index in [1.54, 1.807) is 30.1 Å². The third kappa shape index (κ3) is 4.63. The molecule has 0 saturated carbocycles. The first kappa shape index (κ1) is 23.4. The van der Waals surface area contributed by atoms with E-state index in [1.807, 2.05) is 37.3 Å². The number of pyridine rings is 2. The van der Waals surface area contributed by atoms with Crippen molar-refractivity contribution >= 4 is 28.6 Å². The normalized spacial score (nSPS) is 18.1. The van der Waals surface area contributed by atoms with E-state index in [4.69, 9.17) is 26.8 Å². The number of nitrogens with zero attached hydrogens (tertiary/aromatic N) is 4. The van der Waals surface area contributed by atoms with Gasteiger partial charge in [-0.2, -0.15) is 4.98 Å². The van der Waals surface area contributed by atoms with Crippen molar-refractivity contribution < 1.29 is 9.47 Å². The van der Waals surface area contributed by atoms with Crippen LogP contribution in [0.3, 0.4) is 0 Å². The summed E-state index contributed by atoms with van der Waals surface area (Å²) in [5.74, 6) is 0.402. The molecule has 3 aromatic heterocycles. The number of nitrogens with two attached hydrogens (primary N) is 1. The highest BCUT2D eigenvalue weighted by Crippen LogP contribution is 2.32. The van der Waals surface area contributed by atoms with E-state index >= 15 is 0 Å². The molecule has 0 atom stereocenters. The Balaban J connectivity index is 1.62. The van der Waals surface area contributed by atoms with Crippen molar-refractivity contribution in [2.45, 2.75) is 25.8 Å². The fourth-order valence-corrected chi connectivity index (χ4v) is 4.41. The zero-order valence-corrected chi connectivity index (χ0v) is 20.1. The lowest BCUT2D eigenvalue weighted by molar-refractivity contribution is -0.191. The molecule has 0 amide bonds. The second-order valence-electron chi connectivity index (χ2n) is 8.42. The lowest BCUT2D eigenvalue weighted by Gasteiger charge is -2.28. The average Bonchev–Trinajstić information content (AvgIpc) is 2.87. The average molecular weight is 493 g/mol. The highest BCUT2D eigenvalue weighted by molar-refractivity contribution is 6.33. The first-order valence-corrected chi connectivity index (χ1v) is 11.6. The molecule has 5 rings (SSSR count). The molecule has 1 fully saturated rings. The summed E-state index contributed by atoms with van der Waals surface area (Å²) < 4.78 is 12.9. The minimum atomic E-state index is -0.621. The van der Waals surface area contributed by atoms with Crippen molar-refractivity contribution in [1.82, 2.24) is 19.5 Å². The Morgan fingerprint density at radius 1 is 1.17 bits per heavy atom. The number of halogens is 1. The molecule has 3 N–H and O–H groups in total. The van der Waals surface area contributed by atoms with Crippen molar-refractivity contribution in [3.05, 3.63) is 69.7 Å². The van der Waals surface area contributed by atoms with Gasteiger partial charge in [0.15, 0.2) is 6.29 Å². The molecule has 1 saturated heterocycles. The van der Waals surface area contributed by atoms with Gasteiger partial charge in [-0.15, -0.1) is 0 Å². The number of rotatable bonds is 5. The second-order valence-corrected chi connectivity index (χ2v) is 8.82. The fourth-order valence-electron chi connectivity index (χ4n) is 4.12. The maximum Gasteiger partial charge on any atom is 0.260 e. The van der Waals surface area contributed by atoms with Gasteiger partial charge < -0.3 is 20.5 Å². The minimum Gasteiger partial charge on any atom is -0.357 e. The summed E-state index contributed by atoms with van der Waals surface area (Å²) in [6.07, 6.45) is 2.79. The van der Waals surface area contributed by atoms with Crippen LogP contribution >= 0.6 is 11.6 Å². The third-order valence-electron chi connectivity index (χ3n) is 5.92. The number of aromatic nitrogens is 4. The van der Waals surface area contributed by atoms with Gasteiger partial charge >= 0.3 is 0 Å². The van der Waals surface area contributed by atoms with Gasteiger partial charge in [-0.1, -0.05) is 29.8 Å². The smallest absolute Gasteiger partial charge is 0.260 e. The van der Waals surface area contributed by atoms with Crippen molar-refractivity contribution in [3.8, 4) is 22.4 Å². The summed E-state index contributed by atoms with van der Waals surface area (Å²) in [4.78, 5) is 27.1. The van der Waals surface area contributed by atoms with E-state index in [9.17, 15) is 4.79 Å². The van der Waals surface area contributed by atoms with Gasteiger partial charge in [0.2, 0.25) is 5.95 Å². The zero-order chi connectivity index (χ0) is 24.5. The highest BCUT2D eigenvalue weighted by atomic mass is 35.5. The summed E-state index contributed by atoms with van der Waals surface area (Å²) in [7, 11) is 1.72. The van der Waals surface area contributed by atoms with Crippen LogP contribution in [0.15, 0.2) is 53.6 Å². The minimum absolute atomic E-state index is 0.152. The molecule has 0 spiro atoms. The molecular formula is C25H25ClN6O3. The molecule has 4 heterocycles. The lowest BCUT2D eigenvalue weighted by Crippen LogP contribution is -2.43. The molecule has 0 unspecified atom stereocenters. The van der Waals surface area contributed by atoms with E-state index in [0.717, 1.165) is 16.8 Å². The largest absolute Gasteiger partial charge is 0.357 e. The predicted octanol–water partition coefficient (Wildman–Crippen LogP) is 3.22. The van der Waals surface area contributed by atoms with Gasteiger partial charge in [0, 0.05) is 46.5 Å². The molecule has 0 aliphatic carbocycles. The SMILES string of the molecule is CNc1ncc2cc(-c3ccc(-c4ncccc4C)cc3Cl)c(=O)n(CC3OCC(N)CO3)c2n1. The van der Waals surface area contributed by atoms with Gasteiger partial charge in [-0.25, -0.2) is 4.98 Å². The zero-order valence-electron chi connectivity index (χ0n) is 19.4. The monoisotopic (exact) mass is 492 g/mol. The number of hydrogen-bond acceptors (Lipinski definition) is 8. The lowest BCUT2D eigenvalue weighted by atomic mass is 10.0. The highest BCUT2D eigenvalue weighted by Gasteiger charge is 2.23. The van der Waals surface area contributed by atoms with Crippen molar-refractivity contribution in [3.63, 3.8) is 0 Å². The van der Waals surface area contributed by atoms with Crippen LogP contribution < -0.4 is 16.6 Å². The molecule has 35 heavy (non-hydrogen) atoms. The van der Waals surface area contributed by atoms with Crippen LogP contribution in [0.2, 0.25) is 5.02 Å². The molecule has 10 heteroatoms. The molecule has 1 aliphatic heterocycles. The van der Waals surface area contributed by atoms with Crippen molar-refractivity contribution in [2.24, 2.45) is 5.73 Å². The molecule has 4 aromatic rings. The van der Waals surface area contributed by atoms with Crippen LogP contribution in [-0.2, 0) is 16.0 Å². The van der Waals surface area contributed by atoms with Crippen LogP contribution in [0.4, 0.5) is 5.95 Å². The predicted molar refractivity (Wildman–Crippen MR) is 135 cm³/mol. The van der Waals surface area contributed by atoms with Gasteiger partial charge in [0.25, 0.3) is 5.56 Å². The van der Waals surface area contributed by atoms with Crippen LogP contribution in [0.1, 0.15) is 5.56 Å². The van der Waals surface area contributed by atoms with Gasteiger partial charge in [0.05, 0.1) is 31.5 Å². The Kier molecular flexibility index (Phi) is 6.48. The van der Waals surface area contributed by atoms with Crippen LogP contribution in [-0.4, -0.2) is 52.1 Å². The molecule has 1 aliphatic rings. The third-order valence-corrected chi connectivity index (χ3v) is 6.23. The second kappa shape index (κ2) is 9.71. The number of aryl methyl sites for hydroxylation is 1. The Labute approximate surface area is 206 Å². The molecule has 1 aromatic carbocycles. The van der Waals surface area contributed by atoms with Gasteiger partial charge in [0.1, 0.15) is 5.65 Å². The topological polar surface area (TPSA) is 117 Å². The standard InChI is InChI=1S/C25H25ClN6O3/c1-14-4-3-7-29-22(14)15-5-6-18(20(26)9-15)19-8-16-10-30-25(28-2)31-23(16)32(24(19)33)11-21-34-12-17(27)13-35-21/h3-10,17,21H,11-13,27H2,1-2H3,(H,28,30,31). The number of anilines is 1. The maximum atomic E-state index is 13.8. The van der Waals surface area contributed by atoms with E-state index in [1.165, 1.54) is 0 Å². The van der Waals surface area contributed by atoms with Gasteiger partial charge in [-0.05, 0) is 30.7 Å². The van der Waals surface area contributed by atoms with Crippen molar-refractivity contribution in [1.29, 1.82) is 0 Å². The van der Waals surface area contributed by atoms with Crippen molar-refractivity contribution in [2.75, 3.05) is 25.6 Å². The van der Waals surface area contributed by atoms with E-state index in [0.29, 0.717) is 46.3 Å². The van der Waals surface area contributed by atoms with E-state index in [2.05, 4.69) is 20.3 Å². The van der Waals surface area contributed by atoms with E-state index in [-0.39, 0.29) is 18.1 Å². The number of hydrogen-bond donors (Lipinski definition) is 2. The Bertz CT molecular complexity index is 1450. The number of ether oxygens (including phenoxy) is 2. The summed E-state index contributed by atoms with van der Waals surface area (Å²) in [5.41, 5.74) is 9.86. The molecule has 9 nitrogen and oxygen atoms in total.